The molecule has 0 fully saturated rings. The topological polar surface area (TPSA) is 26.0 Å². The summed E-state index contributed by atoms with van der Waals surface area (Å²) in [5.41, 5.74) is 7.43. The lowest BCUT2D eigenvalue weighted by molar-refractivity contribution is 0.967. The largest absolute Gasteiger partial charge is 0.330 e. The summed E-state index contributed by atoms with van der Waals surface area (Å²) in [5, 5.41) is 1.45. The summed E-state index contributed by atoms with van der Waals surface area (Å²) in [5.74, 6) is 0. The molecule has 0 amide bonds. The van der Waals surface area contributed by atoms with Gasteiger partial charge in [-0.1, -0.05) is 29.3 Å². The quantitative estimate of drug-likeness (QED) is 0.844. The summed E-state index contributed by atoms with van der Waals surface area (Å²) in [4.78, 5) is 0. The fourth-order valence-corrected chi connectivity index (χ4v) is 1.53. The third-order valence-corrected chi connectivity index (χ3v) is 2.75. The summed E-state index contributed by atoms with van der Waals surface area (Å²) in [6.45, 7) is 2.52. The van der Waals surface area contributed by atoms with Gasteiger partial charge in [-0.3, -0.25) is 0 Å². The Hall–Kier alpha value is 0.0500. The van der Waals surface area contributed by atoms with E-state index >= 15 is 0 Å². The molecule has 1 aromatic rings. The first-order valence-electron chi connectivity index (χ1n) is 3.80. The van der Waals surface area contributed by atoms with Crippen LogP contribution in [0, 0.1) is 6.92 Å². The monoisotopic (exact) mass is 239 g/mol. The number of nitrogens with two attached hydrogens (primary N) is 1. The molecule has 1 rings (SSSR count). The second-order valence-electron chi connectivity index (χ2n) is 2.68. The SMILES string of the molecule is Cc1c(Cl)ccc(CCN)c1Cl.Cl. The van der Waals surface area contributed by atoms with E-state index in [0.717, 1.165) is 22.6 Å². The van der Waals surface area contributed by atoms with Gasteiger partial charge in [0.15, 0.2) is 0 Å². The Morgan fingerprint density at radius 2 is 1.92 bits per heavy atom. The van der Waals surface area contributed by atoms with Crippen molar-refractivity contribution in [1.82, 2.24) is 0 Å². The first-order valence-corrected chi connectivity index (χ1v) is 4.56. The third kappa shape index (κ3) is 3.03. The van der Waals surface area contributed by atoms with Gasteiger partial charge in [0.1, 0.15) is 0 Å². The Morgan fingerprint density at radius 3 is 2.46 bits per heavy atom. The van der Waals surface area contributed by atoms with E-state index in [-0.39, 0.29) is 12.4 Å². The fraction of sp³-hybridized carbons (Fsp3) is 0.333. The van der Waals surface area contributed by atoms with Gasteiger partial charge in [0.25, 0.3) is 0 Å². The van der Waals surface area contributed by atoms with Gasteiger partial charge < -0.3 is 5.73 Å². The average molecular weight is 241 g/mol. The fourth-order valence-electron chi connectivity index (χ4n) is 1.07. The van der Waals surface area contributed by atoms with Crippen molar-refractivity contribution in [2.45, 2.75) is 13.3 Å². The van der Waals surface area contributed by atoms with E-state index in [9.17, 15) is 0 Å². The van der Waals surface area contributed by atoms with Gasteiger partial charge in [-0.05, 0) is 37.1 Å². The van der Waals surface area contributed by atoms with Crippen LogP contribution in [-0.4, -0.2) is 6.54 Å². The zero-order chi connectivity index (χ0) is 9.14. The molecule has 0 spiro atoms. The van der Waals surface area contributed by atoms with Crippen LogP contribution >= 0.6 is 35.6 Å². The minimum atomic E-state index is 0. The van der Waals surface area contributed by atoms with Crippen LogP contribution in [0.25, 0.3) is 0 Å². The molecule has 4 heteroatoms. The summed E-state index contributed by atoms with van der Waals surface area (Å²) in [6.07, 6.45) is 0.802. The van der Waals surface area contributed by atoms with Crippen molar-refractivity contribution in [3.8, 4) is 0 Å². The summed E-state index contributed by atoms with van der Waals surface area (Å²) in [7, 11) is 0. The smallest absolute Gasteiger partial charge is 0.0482 e. The first kappa shape index (κ1) is 13.1. The number of hydrogen-bond acceptors (Lipinski definition) is 1. The van der Waals surface area contributed by atoms with Crippen molar-refractivity contribution < 1.29 is 0 Å². The Morgan fingerprint density at radius 1 is 1.31 bits per heavy atom. The molecule has 0 atom stereocenters. The van der Waals surface area contributed by atoms with Crippen LogP contribution in [0.15, 0.2) is 12.1 Å². The molecule has 1 aromatic carbocycles. The van der Waals surface area contributed by atoms with Gasteiger partial charge >= 0.3 is 0 Å². The predicted molar refractivity (Wildman–Crippen MR) is 61.2 cm³/mol. The first-order chi connectivity index (χ1) is 5.66. The Bertz CT molecular complexity index is 286. The molecule has 0 aromatic heterocycles. The van der Waals surface area contributed by atoms with Crippen LogP contribution in [0.2, 0.25) is 10.0 Å². The number of benzene rings is 1. The minimum absolute atomic E-state index is 0. The predicted octanol–water partition coefficient (Wildman–Crippen LogP) is 3.22. The second-order valence-corrected chi connectivity index (χ2v) is 3.47. The molecular weight excluding hydrogens is 228 g/mol. The zero-order valence-electron chi connectivity index (χ0n) is 7.31. The molecule has 0 aliphatic heterocycles. The number of hydrogen-bond donors (Lipinski definition) is 1. The Balaban J connectivity index is 0.00000144. The van der Waals surface area contributed by atoms with Crippen LogP contribution in [0.3, 0.4) is 0 Å². The van der Waals surface area contributed by atoms with Gasteiger partial charge in [-0.2, -0.15) is 0 Å². The highest BCUT2D eigenvalue weighted by Crippen LogP contribution is 2.27. The third-order valence-electron chi connectivity index (χ3n) is 1.81. The van der Waals surface area contributed by atoms with E-state index in [1.807, 2.05) is 19.1 Å². The van der Waals surface area contributed by atoms with Crippen molar-refractivity contribution in [2.24, 2.45) is 5.73 Å². The van der Waals surface area contributed by atoms with Crippen molar-refractivity contribution in [2.75, 3.05) is 6.54 Å². The van der Waals surface area contributed by atoms with E-state index in [2.05, 4.69) is 0 Å². The molecule has 0 heterocycles. The van der Waals surface area contributed by atoms with Crippen LogP contribution in [0.1, 0.15) is 11.1 Å². The molecule has 1 nitrogen and oxygen atoms in total. The standard InChI is InChI=1S/C9H11Cl2N.ClH/c1-6-8(10)3-2-7(4-5-12)9(6)11;/h2-3H,4-5,12H2,1H3;1H. The number of halogens is 3. The van der Waals surface area contributed by atoms with Crippen molar-refractivity contribution >= 4 is 35.6 Å². The summed E-state index contributed by atoms with van der Waals surface area (Å²) >= 11 is 11.9. The van der Waals surface area contributed by atoms with E-state index in [1.165, 1.54) is 0 Å². The lowest BCUT2D eigenvalue weighted by Crippen LogP contribution is -2.03. The second kappa shape index (κ2) is 5.71. The zero-order valence-corrected chi connectivity index (χ0v) is 9.64. The van der Waals surface area contributed by atoms with Crippen molar-refractivity contribution in [3.05, 3.63) is 33.3 Å². The Kier molecular flexibility index (Phi) is 5.73. The maximum atomic E-state index is 6.04. The molecule has 0 aliphatic rings. The maximum absolute atomic E-state index is 6.04. The van der Waals surface area contributed by atoms with E-state index in [0.29, 0.717) is 11.6 Å². The highest BCUT2D eigenvalue weighted by atomic mass is 35.5. The molecule has 74 valence electrons. The lowest BCUT2D eigenvalue weighted by atomic mass is 10.1. The highest BCUT2D eigenvalue weighted by Gasteiger charge is 2.05. The molecule has 0 bridgehead atoms. The molecule has 0 saturated carbocycles. The molecule has 0 saturated heterocycles. The van der Waals surface area contributed by atoms with Gasteiger partial charge in [-0.15, -0.1) is 12.4 Å². The molecule has 0 aliphatic carbocycles. The molecule has 2 N–H and O–H groups in total. The molecule has 0 radical (unpaired) electrons. The van der Waals surface area contributed by atoms with Crippen LogP contribution in [0.4, 0.5) is 0 Å². The summed E-state index contributed by atoms with van der Waals surface area (Å²) < 4.78 is 0. The average Bonchev–Trinajstić information content (AvgIpc) is 2.07. The maximum Gasteiger partial charge on any atom is 0.0482 e. The number of rotatable bonds is 2. The highest BCUT2D eigenvalue weighted by molar-refractivity contribution is 6.36. The summed E-state index contributed by atoms with van der Waals surface area (Å²) in [6, 6.07) is 3.78. The molecule has 13 heavy (non-hydrogen) atoms. The van der Waals surface area contributed by atoms with Crippen molar-refractivity contribution in [3.63, 3.8) is 0 Å². The lowest BCUT2D eigenvalue weighted by Gasteiger charge is -2.06. The van der Waals surface area contributed by atoms with Crippen molar-refractivity contribution in [1.29, 1.82) is 0 Å². The van der Waals surface area contributed by atoms with Gasteiger partial charge in [0.2, 0.25) is 0 Å². The van der Waals surface area contributed by atoms with E-state index in [4.69, 9.17) is 28.9 Å². The van der Waals surface area contributed by atoms with E-state index in [1.54, 1.807) is 0 Å². The van der Waals surface area contributed by atoms with Gasteiger partial charge in [0, 0.05) is 10.0 Å². The van der Waals surface area contributed by atoms with Gasteiger partial charge in [-0.25, -0.2) is 0 Å². The van der Waals surface area contributed by atoms with Crippen LogP contribution < -0.4 is 5.73 Å². The minimum Gasteiger partial charge on any atom is -0.330 e. The Labute approximate surface area is 94.6 Å². The normalized spacial score (nSPS) is 9.54. The van der Waals surface area contributed by atoms with Crippen LogP contribution in [0.5, 0.6) is 0 Å². The molecular formula is C9H12Cl3N. The van der Waals surface area contributed by atoms with E-state index < -0.39 is 0 Å². The molecule has 0 unspecified atom stereocenters. The van der Waals surface area contributed by atoms with Gasteiger partial charge in [0.05, 0.1) is 0 Å². The van der Waals surface area contributed by atoms with Crippen LogP contribution in [-0.2, 0) is 6.42 Å².